The summed E-state index contributed by atoms with van der Waals surface area (Å²) in [6, 6.07) is 0. The molecule has 0 aliphatic rings. The fourth-order valence-corrected chi connectivity index (χ4v) is 0.776. The van der Waals surface area contributed by atoms with E-state index in [9.17, 15) is 4.79 Å². The van der Waals surface area contributed by atoms with Crippen molar-refractivity contribution in [2.75, 3.05) is 0 Å². The minimum Gasteiger partial charge on any atom is -0.481 e. The maximum Gasteiger partial charge on any atom is 0.312 e. The van der Waals surface area contributed by atoms with E-state index in [1.165, 1.54) is 6.92 Å². The Morgan fingerprint density at radius 3 is 2.00 bits per heavy atom. The van der Waals surface area contributed by atoms with Crippen molar-refractivity contribution in [3.8, 4) is 0 Å². The minimum absolute atomic E-state index is 0.778. The number of carboxylic acids is 1. The van der Waals surface area contributed by atoms with Gasteiger partial charge in [0.25, 0.3) is 0 Å². The van der Waals surface area contributed by atoms with Crippen LogP contribution in [-0.4, -0.2) is 22.3 Å². The molecular formula is C8H14O3. The van der Waals surface area contributed by atoms with Gasteiger partial charge in [0.05, 0.1) is 6.10 Å². The molecule has 2 N–H and O–H groups in total. The predicted molar refractivity (Wildman–Crippen MR) is 42.2 cm³/mol. The zero-order chi connectivity index (χ0) is 9.02. The Morgan fingerprint density at radius 1 is 1.45 bits per heavy atom. The number of hydrogen-bond acceptors (Lipinski definition) is 2. The summed E-state index contributed by atoms with van der Waals surface area (Å²) >= 11 is 0. The van der Waals surface area contributed by atoms with E-state index >= 15 is 0 Å². The molecule has 0 heterocycles. The molecule has 0 aliphatic carbocycles. The van der Waals surface area contributed by atoms with E-state index in [0.717, 1.165) is 5.57 Å². The smallest absolute Gasteiger partial charge is 0.312 e. The van der Waals surface area contributed by atoms with Crippen LogP contribution in [0.1, 0.15) is 20.8 Å². The second-order valence-electron chi connectivity index (χ2n) is 2.85. The lowest BCUT2D eigenvalue weighted by atomic mass is 10.0. The summed E-state index contributed by atoms with van der Waals surface area (Å²) in [5, 5.41) is 17.6. The van der Waals surface area contributed by atoms with Crippen molar-refractivity contribution in [1.29, 1.82) is 0 Å². The molecule has 0 rings (SSSR count). The van der Waals surface area contributed by atoms with Crippen LogP contribution in [0.2, 0.25) is 0 Å². The molecule has 11 heavy (non-hydrogen) atoms. The lowest BCUT2D eigenvalue weighted by Crippen LogP contribution is -2.23. The number of hydrogen-bond donors (Lipinski definition) is 2. The fraction of sp³-hybridized carbons (Fsp3) is 0.625. The van der Waals surface area contributed by atoms with E-state index in [4.69, 9.17) is 10.2 Å². The highest BCUT2D eigenvalue weighted by Gasteiger charge is 2.19. The zero-order valence-electron chi connectivity index (χ0n) is 7.03. The average molecular weight is 158 g/mol. The Hall–Kier alpha value is -0.830. The van der Waals surface area contributed by atoms with E-state index in [1.54, 1.807) is 19.9 Å². The quantitative estimate of drug-likeness (QED) is 0.603. The normalized spacial score (nSPS) is 15.3. The highest BCUT2D eigenvalue weighted by molar-refractivity contribution is 5.72. The molecule has 2 unspecified atom stereocenters. The van der Waals surface area contributed by atoms with Gasteiger partial charge in [0, 0.05) is 0 Å². The third-order valence-electron chi connectivity index (χ3n) is 1.32. The van der Waals surface area contributed by atoms with E-state index < -0.39 is 18.0 Å². The van der Waals surface area contributed by atoms with Gasteiger partial charge in [-0.15, -0.1) is 0 Å². The number of carbonyl (C=O) groups is 1. The number of carboxylic acid groups (broad SMARTS) is 1. The first kappa shape index (κ1) is 10.2. The van der Waals surface area contributed by atoms with Gasteiger partial charge in [0.15, 0.2) is 0 Å². The second-order valence-corrected chi connectivity index (χ2v) is 2.85. The van der Waals surface area contributed by atoms with Crippen LogP contribution in [0.25, 0.3) is 0 Å². The largest absolute Gasteiger partial charge is 0.481 e. The van der Waals surface area contributed by atoms with Gasteiger partial charge >= 0.3 is 5.97 Å². The maximum absolute atomic E-state index is 10.5. The SMILES string of the molecule is CC(C)=CC(C(=O)O)C(C)O. The van der Waals surface area contributed by atoms with Gasteiger partial charge in [-0.1, -0.05) is 11.6 Å². The van der Waals surface area contributed by atoms with Crippen molar-refractivity contribution >= 4 is 5.97 Å². The molecule has 2 atom stereocenters. The van der Waals surface area contributed by atoms with Crippen molar-refractivity contribution < 1.29 is 15.0 Å². The number of allylic oxidation sites excluding steroid dienone is 1. The Balaban J connectivity index is 4.36. The number of aliphatic hydroxyl groups is 1. The molecule has 64 valence electrons. The monoisotopic (exact) mass is 158 g/mol. The highest BCUT2D eigenvalue weighted by atomic mass is 16.4. The first-order valence-corrected chi connectivity index (χ1v) is 3.51. The summed E-state index contributed by atoms with van der Waals surface area (Å²) in [4.78, 5) is 10.5. The summed E-state index contributed by atoms with van der Waals surface area (Å²) in [5.41, 5.74) is 0.901. The van der Waals surface area contributed by atoms with E-state index in [2.05, 4.69) is 0 Å². The first-order chi connectivity index (χ1) is 4.95. The van der Waals surface area contributed by atoms with Crippen molar-refractivity contribution in [3.63, 3.8) is 0 Å². The topological polar surface area (TPSA) is 57.5 Å². The zero-order valence-corrected chi connectivity index (χ0v) is 7.03. The molecule has 0 amide bonds. The van der Waals surface area contributed by atoms with Crippen molar-refractivity contribution in [1.82, 2.24) is 0 Å². The van der Waals surface area contributed by atoms with E-state index in [-0.39, 0.29) is 0 Å². The van der Waals surface area contributed by atoms with Crippen LogP contribution in [0.4, 0.5) is 0 Å². The molecule has 3 heteroatoms. The van der Waals surface area contributed by atoms with Crippen molar-refractivity contribution in [2.24, 2.45) is 5.92 Å². The Kier molecular flexibility index (Phi) is 3.82. The van der Waals surface area contributed by atoms with Crippen LogP contribution in [0.3, 0.4) is 0 Å². The second kappa shape index (κ2) is 4.13. The highest BCUT2D eigenvalue weighted by Crippen LogP contribution is 2.08. The molecule has 0 spiro atoms. The summed E-state index contributed by atoms with van der Waals surface area (Å²) in [5.74, 6) is -1.76. The molecule has 0 radical (unpaired) electrons. The van der Waals surface area contributed by atoms with Gasteiger partial charge in [-0.25, -0.2) is 0 Å². The maximum atomic E-state index is 10.5. The standard InChI is InChI=1S/C8H14O3/c1-5(2)4-7(6(3)9)8(10)11/h4,6-7,9H,1-3H3,(H,10,11). The molecule has 0 aromatic rings. The summed E-state index contributed by atoms with van der Waals surface area (Å²) in [7, 11) is 0. The van der Waals surface area contributed by atoms with Gasteiger partial charge in [-0.3, -0.25) is 4.79 Å². The number of rotatable bonds is 3. The molecule has 0 bridgehead atoms. The average Bonchev–Trinajstić information content (AvgIpc) is 1.81. The van der Waals surface area contributed by atoms with Crippen LogP contribution in [-0.2, 0) is 4.79 Å². The predicted octanol–water partition coefficient (Wildman–Crippen LogP) is 1.03. The van der Waals surface area contributed by atoms with Crippen LogP contribution < -0.4 is 0 Å². The Bertz CT molecular complexity index is 166. The number of aliphatic hydroxyl groups excluding tert-OH is 1. The van der Waals surface area contributed by atoms with Crippen LogP contribution in [0, 0.1) is 5.92 Å². The van der Waals surface area contributed by atoms with Crippen LogP contribution >= 0.6 is 0 Å². The van der Waals surface area contributed by atoms with E-state index in [0.29, 0.717) is 0 Å². The van der Waals surface area contributed by atoms with Gasteiger partial charge in [-0.05, 0) is 20.8 Å². The lowest BCUT2D eigenvalue weighted by Gasteiger charge is -2.10. The molecule has 0 aromatic carbocycles. The van der Waals surface area contributed by atoms with Gasteiger partial charge in [0.1, 0.15) is 5.92 Å². The van der Waals surface area contributed by atoms with Gasteiger partial charge in [0.2, 0.25) is 0 Å². The molecule has 0 fully saturated rings. The van der Waals surface area contributed by atoms with E-state index in [1.807, 2.05) is 0 Å². The summed E-state index contributed by atoms with van der Waals surface area (Å²) < 4.78 is 0. The van der Waals surface area contributed by atoms with Crippen molar-refractivity contribution in [2.45, 2.75) is 26.9 Å². The minimum atomic E-state index is -0.985. The van der Waals surface area contributed by atoms with Gasteiger partial charge in [-0.2, -0.15) is 0 Å². The Labute approximate surface area is 66.4 Å². The molecule has 0 saturated heterocycles. The summed E-state index contributed by atoms with van der Waals surface area (Å²) in [6.45, 7) is 5.08. The summed E-state index contributed by atoms with van der Waals surface area (Å²) in [6.07, 6.45) is 0.718. The molecule has 0 aromatic heterocycles. The lowest BCUT2D eigenvalue weighted by molar-refractivity contribution is -0.142. The third-order valence-corrected chi connectivity index (χ3v) is 1.32. The molecule has 0 aliphatic heterocycles. The van der Waals surface area contributed by atoms with Crippen LogP contribution in [0.5, 0.6) is 0 Å². The van der Waals surface area contributed by atoms with Crippen LogP contribution in [0.15, 0.2) is 11.6 Å². The first-order valence-electron chi connectivity index (χ1n) is 3.51. The third kappa shape index (κ3) is 3.78. The van der Waals surface area contributed by atoms with Crippen molar-refractivity contribution in [3.05, 3.63) is 11.6 Å². The fourth-order valence-electron chi connectivity index (χ4n) is 0.776. The molecule has 3 nitrogen and oxygen atoms in total. The number of aliphatic carboxylic acids is 1. The van der Waals surface area contributed by atoms with Gasteiger partial charge < -0.3 is 10.2 Å². The molecular weight excluding hydrogens is 144 g/mol. The molecule has 0 saturated carbocycles. The Morgan fingerprint density at radius 2 is 1.91 bits per heavy atom.